The van der Waals surface area contributed by atoms with Crippen molar-refractivity contribution in [2.24, 2.45) is 5.92 Å². The highest BCUT2D eigenvalue weighted by atomic mass is 16.5. The molecule has 1 aliphatic carbocycles. The molecular formula is C31H34O5. The highest BCUT2D eigenvalue weighted by Crippen LogP contribution is 2.31. The van der Waals surface area contributed by atoms with Gasteiger partial charge in [-0.3, -0.25) is 4.79 Å². The molecule has 0 unspecified atom stereocenters. The summed E-state index contributed by atoms with van der Waals surface area (Å²) in [6, 6.07) is 20.3. The Hall–Kier alpha value is -3.69. The van der Waals surface area contributed by atoms with Crippen molar-refractivity contribution in [1.29, 1.82) is 0 Å². The monoisotopic (exact) mass is 486 g/mol. The minimum absolute atomic E-state index is 0.250. The number of hydrogen-bond acceptors (Lipinski definition) is 5. The van der Waals surface area contributed by atoms with Gasteiger partial charge >= 0.3 is 6.15 Å². The fourth-order valence-electron chi connectivity index (χ4n) is 4.61. The summed E-state index contributed by atoms with van der Waals surface area (Å²) in [7, 11) is 0. The molecule has 1 saturated carbocycles. The van der Waals surface area contributed by atoms with E-state index in [9.17, 15) is 4.79 Å². The topological polar surface area (TPSA) is 69.7 Å². The summed E-state index contributed by atoms with van der Waals surface area (Å²) in [6.07, 6.45) is 5.85. The maximum Gasteiger partial charge on any atom is 0.373 e. The second-order valence-corrected chi connectivity index (χ2v) is 9.43. The van der Waals surface area contributed by atoms with Crippen molar-refractivity contribution in [3.8, 4) is 11.5 Å². The smallest absolute Gasteiger partial charge is 0.373 e. The van der Waals surface area contributed by atoms with Crippen molar-refractivity contribution in [2.45, 2.75) is 66.1 Å². The quantitative estimate of drug-likeness (QED) is 0.306. The van der Waals surface area contributed by atoms with E-state index in [1.165, 1.54) is 31.2 Å². The van der Waals surface area contributed by atoms with E-state index in [2.05, 4.69) is 37.3 Å². The second-order valence-electron chi connectivity index (χ2n) is 9.43. The first-order valence-electron chi connectivity index (χ1n) is 12.4. The van der Waals surface area contributed by atoms with E-state index in [1.807, 2.05) is 44.2 Å². The second kappa shape index (κ2) is 13.4. The lowest BCUT2D eigenvalue weighted by molar-refractivity contribution is -0.191. The van der Waals surface area contributed by atoms with Crippen LogP contribution < -0.4 is 9.47 Å². The molecule has 0 saturated heterocycles. The van der Waals surface area contributed by atoms with Crippen LogP contribution in [-0.4, -0.2) is 11.9 Å². The third kappa shape index (κ3) is 7.66. The first kappa shape index (κ1) is 26.9. The Morgan fingerprint density at radius 3 is 2.08 bits per heavy atom. The number of Topliss-reactive ketones (excluding diaryl/α,β-unsaturated/α-hetero) is 1. The van der Waals surface area contributed by atoms with Crippen LogP contribution in [-0.2, 0) is 22.8 Å². The Morgan fingerprint density at radius 2 is 1.44 bits per heavy atom. The minimum Gasteiger partial charge on any atom is -0.489 e. The summed E-state index contributed by atoms with van der Waals surface area (Å²) < 4.78 is 12.1. The van der Waals surface area contributed by atoms with Crippen LogP contribution in [0.25, 0.3) is 0 Å². The molecule has 0 aliphatic heterocycles. The molecule has 5 nitrogen and oxygen atoms in total. The van der Waals surface area contributed by atoms with Gasteiger partial charge in [-0.1, -0.05) is 61.6 Å². The van der Waals surface area contributed by atoms with E-state index in [1.54, 1.807) is 0 Å². The molecule has 0 atom stereocenters. The van der Waals surface area contributed by atoms with Crippen molar-refractivity contribution in [3.63, 3.8) is 0 Å². The molecule has 0 aromatic heterocycles. The number of aryl methyl sites for hydroxylation is 1. The summed E-state index contributed by atoms with van der Waals surface area (Å²) in [4.78, 5) is 29.1. The van der Waals surface area contributed by atoms with Crippen molar-refractivity contribution in [1.82, 2.24) is 0 Å². The lowest BCUT2D eigenvalue weighted by Gasteiger charge is -2.15. The van der Waals surface area contributed by atoms with Crippen molar-refractivity contribution < 1.29 is 23.9 Å². The molecule has 1 fully saturated rings. The molecule has 0 amide bonds. The summed E-state index contributed by atoms with van der Waals surface area (Å²) >= 11 is 0. The lowest BCUT2D eigenvalue weighted by atomic mass is 9.92. The Bertz CT molecular complexity index is 1180. The molecule has 1 aliphatic rings. The average Bonchev–Trinajstić information content (AvgIpc) is 3.38. The van der Waals surface area contributed by atoms with Gasteiger partial charge in [0.25, 0.3) is 0 Å². The van der Waals surface area contributed by atoms with Crippen LogP contribution in [0.3, 0.4) is 0 Å². The van der Waals surface area contributed by atoms with E-state index < -0.39 is 0 Å². The largest absolute Gasteiger partial charge is 0.489 e. The predicted octanol–water partition coefficient (Wildman–Crippen LogP) is 6.95. The van der Waals surface area contributed by atoms with E-state index in [4.69, 9.17) is 19.1 Å². The van der Waals surface area contributed by atoms with Gasteiger partial charge < -0.3 is 9.47 Å². The Morgan fingerprint density at radius 1 is 0.833 bits per heavy atom. The fraction of sp³-hybridized carbons (Fsp3) is 0.355. The van der Waals surface area contributed by atoms with Gasteiger partial charge in [0.2, 0.25) is 0 Å². The predicted molar refractivity (Wildman–Crippen MR) is 138 cm³/mol. The van der Waals surface area contributed by atoms with Crippen LogP contribution in [0.15, 0.2) is 60.7 Å². The van der Waals surface area contributed by atoms with Crippen molar-refractivity contribution >= 4 is 11.9 Å². The van der Waals surface area contributed by atoms with Crippen LogP contribution in [0.5, 0.6) is 11.5 Å². The zero-order chi connectivity index (χ0) is 25.9. The van der Waals surface area contributed by atoms with Crippen LogP contribution >= 0.6 is 0 Å². The number of carbonyl (C=O) groups excluding carboxylic acids is 3. The third-order valence-corrected chi connectivity index (χ3v) is 6.80. The van der Waals surface area contributed by atoms with Gasteiger partial charge in [-0.15, -0.1) is 0 Å². The molecule has 3 aromatic rings. The van der Waals surface area contributed by atoms with Crippen LogP contribution in [0.4, 0.5) is 0 Å². The molecule has 36 heavy (non-hydrogen) atoms. The number of ether oxygens (including phenoxy) is 2. The van der Waals surface area contributed by atoms with Gasteiger partial charge in [0.15, 0.2) is 5.78 Å². The number of rotatable bonds is 9. The summed E-state index contributed by atoms with van der Waals surface area (Å²) in [5.74, 6) is 2.55. The van der Waals surface area contributed by atoms with E-state index in [0.717, 1.165) is 39.3 Å². The van der Waals surface area contributed by atoms with Gasteiger partial charge in [-0.2, -0.15) is 9.59 Å². The Labute approximate surface area is 213 Å². The molecule has 5 heteroatoms. The standard InChI is InChI=1S/C30H34O3.CO2/c1-21-11-13-27(14-12-21)32-19-25-9-6-10-26(17-25)20-33-30-16-15-28(22(2)23(30)3)29(31)18-24-7-4-5-8-24;2-1-3/h6,9-17,24H,4-5,7-8,18-20H2,1-3H3;. The maximum absolute atomic E-state index is 12.8. The van der Waals surface area contributed by atoms with Crippen molar-refractivity contribution in [3.05, 3.63) is 94.0 Å². The number of ketones is 1. The molecule has 3 aromatic carbocycles. The normalized spacial score (nSPS) is 12.9. The minimum atomic E-state index is 0.250. The Balaban J connectivity index is 0.00000115. The first-order valence-corrected chi connectivity index (χ1v) is 12.4. The molecule has 0 bridgehead atoms. The van der Waals surface area contributed by atoms with Gasteiger partial charge in [0.05, 0.1) is 0 Å². The maximum atomic E-state index is 12.8. The zero-order valence-corrected chi connectivity index (χ0v) is 21.3. The SMILES string of the molecule is Cc1ccc(OCc2cccc(COc3ccc(C(=O)CC4CCCC4)c(C)c3C)c2)cc1.O=C=O. The molecule has 0 heterocycles. The van der Waals surface area contributed by atoms with Gasteiger partial charge in [-0.05, 0) is 79.3 Å². The fourth-order valence-corrected chi connectivity index (χ4v) is 4.61. The molecular weight excluding hydrogens is 452 g/mol. The highest BCUT2D eigenvalue weighted by Gasteiger charge is 2.21. The number of hydrogen-bond donors (Lipinski definition) is 0. The van der Waals surface area contributed by atoms with Crippen molar-refractivity contribution in [2.75, 3.05) is 0 Å². The molecule has 0 radical (unpaired) electrons. The number of carbonyl (C=O) groups is 1. The van der Waals surface area contributed by atoms with E-state index in [0.29, 0.717) is 25.6 Å². The summed E-state index contributed by atoms with van der Waals surface area (Å²) in [5, 5.41) is 0. The van der Waals surface area contributed by atoms with E-state index >= 15 is 0 Å². The van der Waals surface area contributed by atoms with Crippen LogP contribution in [0.1, 0.15) is 70.3 Å². The molecule has 188 valence electrons. The summed E-state index contributed by atoms with van der Waals surface area (Å²) in [5.41, 5.74) is 6.36. The first-order chi connectivity index (χ1) is 17.4. The third-order valence-electron chi connectivity index (χ3n) is 6.80. The molecule has 4 rings (SSSR count). The van der Waals surface area contributed by atoms with Gasteiger partial charge in [0.1, 0.15) is 24.7 Å². The summed E-state index contributed by atoms with van der Waals surface area (Å²) in [6.45, 7) is 7.15. The molecule has 0 spiro atoms. The molecule has 0 N–H and O–H groups in total. The lowest BCUT2D eigenvalue weighted by Crippen LogP contribution is -2.09. The van der Waals surface area contributed by atoms with E-state index in [-0.39, 0.29) is 11.9 Å². The zero-order valence-electron chi connectivity index (χ0n) is 21.3. The van der Waals surface area contributed by atoms with Crippen LogP contribution in [0, 0.1) is 26.7 Å². The van der Waals surface area contributed by atoms with Gasteiger partial charge in [0, 0.05) is 12.0 Å². The van der Waals surface area contributed by atoms with Crippen LogP contribution in [0.2, 0.25) is 0 Å². The highest BCUT2D eigenvalue weighted by molar-refractivity contribution is 5.98. The van der Waals surface area contributed by atoms with Gasteiger partial charge in [-0.25, -0.2) is 0 Å². The Kier molecular flexibility index (Phi) is 10.0. The number of benzene rings is 3. The average molecular weight is 487 g/mol.